The van der Waals surface area contributed by atoms with Crippen LogP contribution in [0.25, 0.3) is 0 Å². The van der Waals surface area contributed by atoms with Crippen LogP contribution >= 0.6 is 0 Å². The van der Waals surface area contributed by atoms with Gasteiger partial charge in [0.25, 0.3) is 0 Å². The van der Waals surface area contributed by atoms with Crippen LogP contribution in [0.5, 0.6) is 0 Å². The minimum absolute atomic E-state index is 0.172. The summed E-state index contributed by atoms with van der Waals surface area (Å²) in [5.41, 5.74) is 0. The highest BCUT2D eigenvalue weighted by molar-refractivity contribution is 4.84. The Balaban J connectivity index is 2.40. The van der Waals surface area contributed by atoms with E-state index in [1.165, 1.54) is 25.7 Å². The lowest BCUT2D eigenvalue weighted by Gasteiger charge is -2.36. The minimum atomic E-state index is -0.172. The van der Waals surface area contributed by atoms with E-state index in [9.17, 15) is 5.11 Å². The maximum absolute atomic E-state index is 10.2. The SMILES string of the molecule is CCC(CC)C(O)CNC1CCCCC1C(C)C. The van der Waals surface area contributed by atoms with Crippen LogP contribution in [0.3, 0.4) is 0 Å². The van der Waals surface area contributed by atoms with Crippen LogP contribution < -0.4 is 5.32 Å². The Morgan fingerprint density at radius 1 is 1.11 bits per heavy atom. The lowest BCUT2D eigenvalue weighted by atomic mass is 9.77. The predicted octanol–water partition coefficient (Wildman–Crippen LogP) is 3.59. The third-order valence-corrected chi connectivity index (χ3v) is 4.86. The van der Waals surface area contributed by atoms with E-state index >= 15 is 0 Å². The van der Waals surface area contributed by atoms with Gasteiger partial charge in [-0.3, -0.25) is 0 Å². The van der Waals surface area contributed by atoms with E-state index in [-0.39, 0.29) is 6.10 Å². The summed E-state index contributed by atoms with van der Waals surface area (Å²) in [4.78, 5) is 0. The highest BCUT2D eigenvalue weighted by Gasteiger charge is 2.28. The van der Waals surface area contributed by atoms with Gasteiger partial charge in [0.05, 0.1) is 6.10 Å². The number of nitrogens with one attached hydrogen (secondary N) is 1. The maximum Gasteiger partial charge on any atom is 0.0692 e. The molecule has 3 atom stereocenters. The molecular formula is C16H33NO. The molecule has 1 rings (SSSR count). The average molecular weight is 255 g/mol. The van der Waals surface area contributed by atoms with Crippen molar-refractivity contribution in [3.63, 3.8) is 0 Å². The van der Waals surface area contributed by atoms with Crippen LogP contribution in [0.2, 0.25) is 0 Å². The molecule has 2 N–H and O–H groups in total. The van der Waals surface area contributed by atoms with Crippen molar-refractivity contribution >= 4 is 0 Å². The van der Waals surface area contributed by atoms with Crippen LogP contribution in [0.4, 0.5) is 0 Å². The predicted molar refractivity (Wildman–Crippen MR) is 78.7 cm³/mol. The molecule has 1 fully saturated rings. The standard InChI is InChI=1S/C16H33NO/c1-5-13(6-2)16(18)11-17-15-10-8-7-9-14(15)12(3)4/h12-18H,5-11H2,1-4H3. The molecule has 0 aromatic rings. The Labute approximate surface area is 114 Å². The molecule has 0 aliphatic heterocycles. The van der Waals surface area contributed by atoms with Crippen molar-refractivity contribution in [2.24, 2.45) is 17.8 Å². The maximum atomic E-state index is 10.2. The van der Waals surface area contributed by atoms with Crippen LogP contribution in [0, 0.1) is 17.8 Å². The van der Waals surface area contributed by atoms with Gasteiger partial charge in [0, 0.05) is 12.6 Å². The lowest BCUT2D eigenvalue weighted by Crippen LogP contribution is -2.45. The Bertz CT molecular complexity index is 213. The topological polar surface area (TPSA) is 32.3 Å². The van der Waals surface area contributed by atoms with Gasteiger partial charge < -0.3 is 10.4 Å². The lowest BCUT2D eigenvalue weighted by molar-refractivity contribution is 0.0885. The fourth-order valence-electron chi connectivity index (χ4n) is 3.48. The molecule has 0 aromatic carbocycles. The molecule has 0 bridgehead atoms. The van der Waals surface area contributed by atoms with E-state index in [2.05, 4.69) is 33.0 Å². The second-order valence-electron chi connectivity index (χ2n) is 6.35. The summed E-state index contributed by atoms with van der Waals surface area (Å²) in [6.07, 6.45) is 7.37. The Kier molecular flexibility index (Phi) is 7.25. The van der Waals surface area contributed by atoms with Gasteiger partial charge in [0.1, 0.15) is 0 Å². The van der Waals surface area contributed by atoms with Gasteiger partial charge in [0.2, 0.25) is 0 Å². The molecule has 0 spiro atoms. The van der Waals surface area contributed by atoms with Crippen molar-refractivity contribution < 1.29 is 5.11 Å². The summed E-state index contributed by atoms with van der Waals surface area (Å²) >= 11 is 0. The number of aliphatic hydroxyl groups excluding tert-OH is 1. The minimum Gasteiger partial charge on any atom is -0.392 e. The zero-order valence-corrected chi connectivity index (χ0v) is 12.8. The first-order chi connectivity index (χ1) is 8.60. The Morgan fingerprint density at radius 2 is 1.72 bits per heavy atom. The fourth-order valence-corrected chi connectivity index (χ4v) is 3.48. The Hall–Kier alpha value is -0.0800. The van der Waals surface area contributed by atoms with E-state index in [0.29, 0.717) is 12.0 Å². The van der Waals surface area contributed by atoms with Crippen molar-refractivity contribution in [1.82, 2.24) is 5.32 Å². The molecule has 2 nitrogen and oxygen atoms in total. The summed E-state index contributed by atoms with van der Waals surface area (Å²) in [6, 6.07) is 0.628. The van der Waals surface area contributed by atoms with E-state index < -0.39 is 0 Å². The van der Waals surface area contributed by atoms with Crippen molar-refractivity contribution in [2.75, 3.05) is 6.54 Å². The molecule has 0 aromatic heterocycles. The quantitative estimate of drug-likeness (QED) is 0.728. The van der Waals surface area contributed by atoms with Crippen LogP contribution in [0.15, 0.2) is 0 Å². The molecular weight excluding hydrogens is 222 g/mol. The molecule has 1 saturated carbocycles. The molecule has 108 valence electrons. The molecule has 2 heteroatoms. The summed E-state index contributed by atoms with van der Waals surface area (Å²) in [7, 11) is 0. The summed E-state index contributed by atoms with van der Waals surface area (Å²) in [6.45, 7) is 9.80. The molecule has 0 amide bonds. The first-order valence-electron chi connectivity index (χ1n) is 8.01. The number of hydrogen-bond donors (Lipinski definition) is 2. The monoisotopic (exact) mass is 255 g/mol. The van der Waals surface area contributed by atoms with E-state index in [1.807, 2.05) is 0 Å². The molecule has 3 unspecified atom stereocenters. The van der Waals surface area contributed by atoms with Crippen molar-refractivity contribution in [2.45, 2.75) is 78.4 Å². The van der Waals surface area contributed by atoms with Gasteiger partial charge in [0.15, 0.2) is 0 Å². The molecule has 0 saturated heterocycles. The third kappa shape index (κ3) is 4.55. The van der Waals surface area contributed by atoms with Crippen molar-refractivity contribution in [3.05, 3.63) is 0 Å². The number of rotatable bonds is 7. The van der Waals surface area contributed by atoms with Crippen LogP contribution in [0.1, 0.15) is 66.2 Å². The van der Waals surface area contributed by atoms with Gasteiger partial charge in [-0.15, -0.1) is 0 Å². The van der Waals surface area contributed by atoms with E-state index in [0.717, 1.165) is 31.2 Å². The fraction of sp³-hybridized carbons (Fsp3) is 1.00. The van der Waals surface area contributed by atoms with Gasteiger partial charge >= 0.3 is 0 Å². The molecule has 0 radical (unpaired) electrons. The van der Waals surface area contributed by atoms with Gasteiger partial charge in [-0.05, 0) is 30.6 Å². The highest BCUT2D eigenvalue weighted by atomic mass is 16.3. The van der Waals surface area contributed by atoms with Gasteiger partial charge in [-0.2, -0.15) is 0 Å². The molecule has 1 aliphatic rings. The molecule has 0 heterocycles. The van der Waals surface area contributed by atoms with Crippen molar-refractivity contribution in [1.29, 1.82) is 0 Å². The summed E-state index contributed by atoms with van der Waals surface area (Å²) < 4.78 is 0. The first-order valence-corrected chi connectivity index (χ1v) is 8.01. The van der Waals surface area contributed by atoms with Crippen LogP contribution in [-0.4, -0.2) is 23.8 Å². The average Bonchev–Trinajstić information content (AvgIpc) is 2.38. The van der Waals surface area contributed by atoms with Crippen LogP contribution in [-0.2, 0) is 0 Å². The molecule has 1 aliphatic carbocycles. The summed E-state index contributed by atoms with van der Waals surface area (Å²) in [5, 5.41) is 13.9. The normalized spacial score (nSPS) is 26.8. The van der Waals surface area contributed by atoms with E-state index in [4.69, 9.17) is 0 Å². The van der Waals surface area contributed by atoms with Gasteiger partial charge in [-0.1, -0.05) is 53.4 Å². The second-order valence-corrected chi connectivity index (χ2v) is 6.35. The van der Waals surface area contributed by atoms with Gasteiger partial charge in [-0.25, -0.2) is 0 Å². The zero-order valence-electron chi connectivity index (χ0n) is 12.8. The Morgan fingerprint density at radius 3 is 2.28 bits per heavy atom. The second kappa shape index (κ2) is 8.16. The summed E-state index contributed by atoms with van der Waals surface area (Å²) in [5.74, 6) is 2.01. The van der Waals surface area contributed by atoms with Crippen molar-refractivity contribution in [3.8, 4) is 0 Å². The number of hydrogen-bond acceptors (Lipinski definition) is 2. The third-order valence-electron chi connectivity index (χ3n) is 4.86. The number of aliphatic hydroxyl groups is 1. The largest absolute Gasteiger partial charge is 0.392 e. The zero-order chi connectivity index (χ0) is 13.5. The van der Waals surface area contributed by atoms with E-state index in [1.54, 1.807) is 0 Å². The highest BCUT2D eigenvalue weighted by Crippen LogP contribution is 2.30. The smallest absolute Gasteiger partial charge is 0.0692 e. The molecule has 18 heavy (non-hydrogen) atoms. The first kappa shape index (κ1) is 16.0.